The minimum atomic E-state index is -0.235. The van der Waals surface area contributed by atoms with Crippen LogP contribution >= 0.6 is 0 Å². The van der Waals surface area contributed by atoms with Crippen LogP contribution in [0.4, 0.5) is 0 Å². The molecular weight excluding hydrogens is 284 g/mol. The molecule has 0 aromatic rings. The van der Waals surface area contributed by atoms with Gasteiger partial charge in [0, 0.05) is 12.1 Å². The maximum Gasteiger partial charge on any atom is 0.207 e. The Balaban J connectivity index is 0.000000220. The van der Waals surface area contributed by atoms with Gasteiger partial charge < -0.3 is 20.8 Å². The molecule has 2 amide bonds. The molecule has 0 unspecified atom stereocenters. The quantitative estimate of drug-likeness (QED) is 0.570. The normalized spacial score (nSPS) is 38.2. The number of aliphatic hydroxyl groups excluding tert-OH is 2. The first-order valence-electron chi connectivity index (χ1n) is 8.23. The Morgan fingerprint density at radius 2 is 1.14 bits per heavy atom. The van der Waals surface area contributed by atoms with Gasteiger partial charge in [0.1, 0.15) is 0 Å². The molecule has 6 heteroatoms. The number of carbonyl (C=O) groups is 2. The van der Waals surface area contributed by atoms with Gasteiger partial charge in [-0.2, -0.15) is 0 Å². The second-order valence-electron chi connectivity index (χ2n) is 6.68. The summed E-state index contributed by atoms with van der Waals surface area (Å²) < 4.78 is 0. The number of nitrogens with one attached hydrogen (secondary N) is 2. The summed E-state index contributed by atoms with van der Waals surface area (Å²) in [6.07, 6.45) is 6.38. The summed E-state index contributed by atoms with van der Waals surface area (Å²) in [6.45, 7) is 4.09. The van der Waals surface area contributed by atoms with Crippen molar-refractivity contribution >= 4 is 12.8 Å². The van der Waals surface area contributed by atoms with Crippen molar-refractivity contribution in [2.45, 2.75) is 76.7 Å². The fourth-order valence-corrected chi connectivity index (χ4v) is 3.09. The van der Waals surface area contributed by atoms with Gasteiger partial charge in [-0.15, -0.1) is 0 Å². The largest absolute Gasteiger partial charge is 0.393 e. The summed E-state index contributed by atoms with van der Waals surface area (Å²) in [4.78, 5) is 20.1. The van der Waals surface area contributed by atoms with E-state index in [9.17, 15) is 19.8 Å². The molecule has 0 bridgehead atoms. The predicted molar refractivity (Wildman–Crippen MR) is 84.0 cm³/mol. The second-order valence-corrected chi connectivity index (χ2v) is 6.68. The van der Waals surface area contributed by atoms with Crippen molar-refractivity contribution in [1.29, 1.82) is 0 Å². The standard InChI is InChI=1S/2C8H15NO2/c2*1-6-2-3-7(9-5-10)4-8(6)11/h2*5-8,11H,2-4H2,1H3,(H,9,10)/t2*6-,7-,8-/m10/s1. The van der Waals surface area contributed by atoms with Crippen molar-refractivity contribution in [2.75, 3.05) is 0 Å². The fraction of sp³-hybridized carbons (Fsp3) is 0.875. The van der Waals surface area contributed by atoms with Gasteiger partial charge in [0.05, 0.1) is 12.2 Å². The van der Waals surface area contributed by atoms with Crippen LogP contribution in [0.2, 0.25) is 0 Å². The van der Waals surface area contributed by atoms with E-state index in [4.69, 9.17) is 0 Å². The van der Waals surface area contributed by atoms with Crippen LogP contribution in [0.15, 0.2) is 0 Å². The molecule has 2 aliphatic carbocycles. The lowest BCUT2D eigenvalue weighted by Crippen LogP contribution is -2.38. The lowest BCUT2D eigenvalue weighted by molar-refractivity contribution is -0.111. The Kier molecular flexibility index (Phi) is 8.42. The van der Waals surface area contributed by atoms with Gasteiger partial charge >= 0.3 is 0 Å². The Hall–Kier alpha value is -1.14. The highest BCUT2D eigenvalue weighted by Crippen LogP contribution is 2.24. The average molecular weight is 314 g/mol. The summed E-state index contributed by atoms with van der Waals surface area (Å²) in [5.74, 6) is 0.777. The summed E-state index contributed by atoms with van der Waals surface area (Å²) in [6, 6.07) is 0.386. The highest BCUT2D eigenvalue weighted by atomic mass is 16.3. The van der Waals surface area contributed by atoms with E-state index in [1.54, 1.807) is 0 Å². The number of hydrogen-bond donors (Lipinski definition) is 4. The number of hydrogen-bond acceptors (Lipinski definition) is 4. The molecule has 0 aromatic heterocycles. The average Bonchev–Trinajstić information content (AvgIpc) is 2.48. The van der Waals surface area contributed by atoms with Crippen molar-refractivity contribution in [2.24, 2.45) is 11.8 Å². The van der Waals surface area contributed by atoms with Crippen molar-refractivity contribution < 1.29 is 19.8 Å². The first-order chi connectivity index (χ1) is 10.5. The Labute approximate surface area is 132 Å². The highest BCUT2D eigenvalue weighted by Gasteiger charge is 2.26. The topological polar surface area (TPSA) is 98.7 Å². The molecule has 4 N–H and O–H groups in total. The molecule has 0 saturated heterocycles. The van der Waals surface area contributed by atoms with Crippen LogP contribution in [0.1, 0.15) is 52.4 Å². The number of amides is 2. The van der Waals surface area contributed by atoms with Crippen molar-refractivity contribution in [3.8, 4) is 0 Å². The van der Waals surface area contributed by atoms with E-state index >= 15 is 0 Å². The van der Waals surface area contributed by atoms with Crippen molar-refractivity contribution in [3.63, 3.8) is 0 Å². The molecular formula is C16H30N2O4. The summed E-state index contributed by atoms with van der Waals surface area (Å²) >= 11 is 0. The predicted octanol–water partition coefficient (Wildman–Crippen LogP) is 0.564. The molecule has 0 spiro atoms. The monoisotopic (exact) mass is 314 g/mol. The lowest BCUT2D eigenvalue weighted by atomic mass is 9.85. The summed E-state index contributed by atoms with van der Waals surface area (Å²) in [7, 11) is 0. The van der Waals surface area contributed by atoms with Crippen LogP contribution in [-0.4, -0.2) is 47.3 Å². The van der Waals surface area contributed by atoms with Gasteiger partial charge in [0.25, 0.3) is 0 Å². The first-order valence-corrected chi connectivity index (χ1v) is 8.23. The van der Waals surface area contributed by atoms with Gasteiger partial charge in [0.15, 0.2) is 0 Å². The minimum Gasteiger partial charge on any atom is -0.393 e. The number of aliphatic hydroxyl groups is 2. The van der Waals surface area contributed by atoms with E-state index in [0.717, 1.165) is 25.7 Å². The molecule has 0 aromatic carbocycles. The van der Waals surface area contributed by atoms with Crippen molar-refractivity contribution in [3.05, 3.63) is 0 Å². The third-order valence-corrected chi connectivity index (χ3v) is 4.91. The number of rotatable bonds is 4. The van der Waals surface area contributed by atoms with E-state index in [2.05, 4.69) is 10.6 Å². The minimum absolute atomic E-state index is 0.193. The first kappa shape index (κ1) is 18.9. The van der Waals surface area contributed by atoms with Crippen LogP contribution < -0.4 is 10.6 Å². The Morgan fingerprint density at radius 1 is 0.773 bits per heavy atom. The van der Waals surface area contributed by atoms with Crippen LogP contribution in [0.3, 0.4) is 0 Å². The van der Waals surface area contributed by atoms with Crippen LogP contribution in [-0.2, 0) is 9.59 Å². The van der Waals surface area contributed by atoms with Crippen LogP contribution in [0.5, 0.6) is 0 Å². The van der Waals surface area contributed by atoms with Gasteiger partial charge in [0.2, 0.25) is 12.8 Å². The third-order valence-electron chi connectivity index (χ3n) is 4.91. The second kappa shape index (κ2) is 9.79. The molecule has 2 fully saturated rings. The van der Waals surface area contributed by atoms with Crippen LogP contribution in [0.25, 0.3) is 0 Å². The Bertz CT molecular complexity index is 308. The van der Waals surface area contributed by atoms with Gasteiger partial charge in [-0.05, 0) is 50.4 Å². The van der Waals surface area contributed by atoms with E-state index in [0.29, 0.717) is 37.5 Å². The highest BCUT2D eigenvalue weighted by molar-refractivity contribution is 5.46. The molecule has 2 saturated carbocycles. The molecule has 2 rings (SSSR count). The SMILES string of the molecule is C[C@@H]1CC[C@@H](NC=O)C[C@H]1O.C[C@H]1CC[C@H](NC=O)C[C@@H]1O. The smallest absolute Gasteiger partial charge is 0.207 e. The molecule has 22 heavy (non-hydrogen) atoms. The molecule has 0 aliphatic heterocycles. The summed E-state index contributed by atoms with van der Waals surface area (Å²) in [5, 5.41) is 24.2. The fourth-order valence-electron chi connectivity index (χ4n) is 3.09. The Morgan fingerprint density at radius 3 is 1.41 bits per heavy atom. The molecule has 2 aliphatic rings. The van der Waals surface area contributed by atoms with E-state index < -0.39 is 0 Å². The van der Waals surface area contributed by atoms with Crippen LogP contribution in [0, 0.1) is 11.8 Å². The van der Waals surface area contributed by atoms with E-state index in [1.807, 2.05) is 13.8 Å². The lowest BCUT2D eigenvalue weighted by Gasteiger charge is -2.30. The van der Waals surface area contributed by atoms with Gasteiger partial charge in [-0.3, -0.25) is 9.59 Å². The molecule has 128 valence electrons. The molecule has 0 heterocycles. The zero-order valence-corrected chi connectivity index (χ0v) is 13.6. The number of carbonyl (C=O) groups excluding carboxylic acids is 2. The van der Waals surface area contributed by atoms with Gasteiger partial charge in [-0.25, -0.2) is 0 Å². The van der Waals surface area contributed by atoms with Gasteiger partial charge in [-0.1, -0.05) is 13.8 Å². The molecule has 0 radical (unpaired) electrons. The van der Waals surface area contributed by atoms with E-state index in [-0.39, 0.29) is 24.3 Å². The molecule has 6 nitrogen and oxygen atoms in total. The zero-order chi connectivity index (χ0) is 16.5. The third kappa shape index (κ3) is 6.32. The maximum absolute atomic E-state index is 10.1. The van der Waals surface area contributed by atoms with Crippen molar-refractivity contribution in [1.82, 2.24) is 10.6 Å². The zero-order valence-electron chi connectivity index (χ0n) is 13.6. The maximum atomic E-state index is 10.1. The summed E-state index contributed by atoms with van der Waals surface area (Å²) in [5.41, 5.74) is 0. The molecule has 6 atom stereocenters. The van der Waals surface area contributed by atoms with E-state index in [1.165, 1.54) is 0 Å².